The molecule has 1 saturated carbocycles. The zero-order valence-corrected chi connectivity index (χ0v) is 22.3. The zero-order chi connectivity index (χ0) is 24.8. The van der Waals surface area contributed by atoms with E-state index in [9.17, 15) is 0 Å². The van der Waals surface area contributed by atoms with Crippen LogP contribution in [0, 0.1) is 5.92 Å². The lowest BCUT2D eigenvalue weighted by Crippen LogP contribution is -2.41. The molecule has 1 fully saturated rings. The molecule has 1 aliphatic heterocycles. The van der Waals surface area contributed by atoms with Crippen LogP contribution in [0.4, 0.5) is 0 Å². The first-order chi connectivity index (χ1) is 17.0. The van der Waals surface area contributed by atoms with Crippen LogP contribution in [0.5, 0.6) is 11.5 Å². The van der Waals surface area contributed by atoms with Gasteiger partial charge in [-0.2, -0.15) is 0 Å². The maximum Gasteiger partial charge on any atom is 0.133 e. The Morgan fingerprint density at radius 2 is 2.03 bits per heavy atom. The molecule has 2 aliphatic rings. The van der Waals surface area contributed by atoms with Crippen LogP contribution in [0.2, 0.25) is 0 Å². The van der Waals surface area contributed by atoms with Crippen LogP contribution in [0.3, 0.4) is 0 Å². The molecule has 2 unspecified atom stereocenters. The predicted molar refractivity (Wildman–Crippen MR) is 141 cm³/mol. The van der Waals surface area contributed by atoms with E-state index >= 15 is 0 Å². The smallest absolute Gasteiger partial charge is 0.133 e. The Morgan fingerprint density at radius 3 is 2.76 bits per heavy atom. The third-order valence-corrected chi connectivity index (χ3v) is 7.47. The Balaban J connectivity index is 1.56. The fraction of sp³-hybridized carbons (Fsp3) is 0.481. The van der Waals surface area contributed by atoms with Gasteiger partial charge in [-0.1, -0.05) is 48.6 Å². The summed E-state index contributed by atoms with van der Waals surface area (Å²) in [7, 11) is 3.80. The molecule has 4 rings (SSSR count). The van der Waals surface area contributed by atoms with Crippen molar-refractivity contribution in [2.45, 2.75) is 62.9 Å². The van der Waals surface area contributed by atoms with E-state index in [1.54, 1.807) is 7.11 Å². The van der Waals surface area contributed by atoms with Gasteiger partial charge in [-0.05, 0) is 44.4 Å². The molecule has 0 N–H and O–H groups in total. The summed E-state index contributed by atoms with van der Waals surface area (Å²) < 4.78 is 37.4. The monoisotopic (exact) mass is 504 g/mol. The Labute approximate surface area is 209 Å². The number of fused-ring (bicyclic) bond motifs is 3. The standard InChI is InChI=1S/C27H36O5P2/c1-27(2,30-19-11-5-4-6-12-19)24(32-34)15-14-20-22(31-33)17-23-25(20)21-13-7-9-18(26(21)29-23)10-8-16-28-3/h4-7,9,11-15,20,22-25H,8,10,16-17,33-34H2,1-3H3/b15-14+/t20-,22+,23-,24+,25-/m0/s1/i33T/t20-,22+,23-,24+,25-,33?. The molecule has 5 nitrogen and oxygen atoms in total. The van der Waals surface area contributed by atoms with Gasteiger partial charge in [0.25, 0.3) is 0 Å². The minimum Gasteiger partial charge on any atom is -0.489 e. The quantitative estimate of drug-likeness (QED) is 0.205. The Hall–Kier alpha value is -1.48. The first-order valence-electron chi connectivity index (χ1n) is 12.4. The summed E-state index contributed by atoms with van der Waals surface area (Å²) in [5, 5.41) is 0. The highest BCUT2D eigenvalue weighted by Gasteiger charge is 2.50. The number of hydrogen-bond donors (Lipinski definition) is 0. The predicted octanol–water partition coefficient (Wildman–Crippen LogP) is 5.89. The first kappa shape index (κ1) is 24.2. The number of aryl methyl sites for hydroxylation is 1. The summed E-state index contributed by atoms with van der Waals surface area (Å²) in [5.41, 5.74) is 1.88. The van der Waals surface area contributed by atoms with E-state index in [2.05, 4.69) is 39.8 Å². The molecule has 34 heavy (non-hydrogen) atoms. The van der Waals surface area contributed by atoms with Gasteiger partial charge in [0.2, 0.25) is 0 Å². The number of rotatable bonds is 12. The molecule has 184 valence electrons. The van der Waals surface area contributed by atoms with Crippen molar-refractivity contribution in [3.63, 3.8) is 0 Å². The normalized spacial score (nSPS) is 25.4. The lowest BCUT2D eigenvalue weighted by Gasteiger charge is -2.32. The van der Waals surface area contributed by atoms with Crippen molar-refractivity contribution in [1.82, 2.24) is 0 Å². The van der Waals surface area contributed by atoms with E-state index in [1.807, 2.05) is 44.2 Å². The van der Waals surface area contributed by atoms with Crippen molar-refractivity contribution in [3.05, 3.63) is 71.8 Å². The first-order valence-corrected chi connectivity index (χ1v) is 12.7. The van der Waals surface area contributed by atoms with Gasteiger partial charge >= 0.3 is 0 Å². The molecule has 7 heteroatoms. The van der Waals surface area contributed by atoms with Gasteiger partial charge in [0, 0.05) is 56.4 Å². The van der Waals surface area contributed by atoms with E-state index in [1.165, 1.54) is 11.1 Å². The number of methoxy groups -OCH3 is 1. The molecule has 1 heterocycles. The van der Waals surface area contributed by atoms with Crippen molar-refractivity contribution in [2.24, 2.45) is 5.92 Å². The van der Waals surface area contributed by atoms with Gasteiger partial charge in [0.15, 0.2) is 0 Å². The summed E-state index contributed by atoms with van der Waals surface area (Å²) in [4.78, 5) is 0. The molecule has 0 radical (unpaired) electrons. The van der Waals surface area contributed by atoms with Crippen LogP contribution < -0.4 is 9.47 Å². The second-order valence-electron chi connectivity index (χ2n) is 9.54. The number of para-hydroxylation sites is 2. The van der Waals surface area contributed by atoms with E-state index in [-0.39, 0.29) is 39.6 Å². The second-order valence-corrected chi connectivity index (χ2v) is 10.1. The number of hydrogen-bond acceptors (Lipinski definition) is 5. The average Bonchev–Trinajstić information content (AvgIpc) is 3.37. The van der Waals surface area contributed by atoms with Crippen LogP contribution in [0.15, 0.2) is 60.7 Å². The van der Waals surface area contributed by atoms with Crippen LogP contribution >= 0.6 is 18.9 Å². The van der Waals surface area contributed by atoms with Crippen molar-refractivity contribution >= 4 is 18.9 Å². The highest BCUT2D eigenvalue weighted by Crippen LogP contribution is 2.53. The third-order valence-electron chi connectivity index (χ3n) is 6.87. The van der Waals surface area contributed by atoms with Crippen molar-refractivity contribution < 1.29 is 23.3 Å². The summed E-state index contributed by atoms with van der Waals surface area (Å²) in [5.74, 6) is 2.10. The Morgan fingerprint density at radius 1 is 1.21 bits per heavy atom. The summed E-state index contributed by atoms with van der Waals surface area (Å²) in [6.07, 6.45) is 6.62. The van der Waals surface area contributed by atoms with Gasteiger partial charge in [-0.3, -0.25) is 0 Å². The minimum atomic E-state index is -0.594. The molecule has 0 aromatic heterocycles. The molecule has 2 aromatic rings. The summed E-state index contributed by atoms with van der Waals surface area (Å²) >= 11 is 0. The number of benzene rings is 2. The highest BCUT2D eigenvalue weighted by atomic mass is 31.0. The Kier molecular flexibility index (Phi) is 8.20. The molecule has 0 bridgehead atoms. The van der Waals surface area contributed by atoms with Crippen LogP contribution in [0.25, 0.3) is 0 Å². The summed E-state index contributed by atoms with van der Waals surface area (Å²) in [6, 6.07) is 16.2. The van der Waals surface area contributed by atoms with Gasteiger partial charge < -0.3 is 23.3 Å². The largest absolute Gasteiger partial charge is 0.489 e. The SMILES string of the molecule is [3H]PO[C@@H]1C[C@@H]2Oc3c(CCCOC)cccc3[C@@H]2[C@H]1/C=C/[C@@H](OP)C(C)(C)Oc1ccccc1. The van der Waals surface area contributed by atoms with E-state index < -0.39 is 5.60 Å². The molecular formula is C27H36O5P2. The van der Waals surface area contributed by atoms with Crippen LogP contribution in [-0.2, 0) is 20.2 Å². The molecule has 7 atom stereocenters. The molecule has 1 aliphatic carbocycles. The topological polar surface area (TPSA) is 46.2 Å². The second kappa shape index (κ2) is 11.5. The van der Waals surface area contributed by atoms with Gasteiger partial charge in [-0.25, -0.2) is 0 Å². The number of ether oxygens (including phenoxy) is 3. The molecule has 0 saturated heterocycles. The maximum absolute atomic E-state index is 7.70. The molecule has 0 spiro atoms. The maximum atomic E-state index is 7.70. The summed E-state index contributed by atoms with van der Waals surface area (Å²) in [6.45, 7) is 4.78. The molecular weight excluding hydrogens is 466 g/mol. The van der Waals surface area contributed by atoms with Crippen molar-refractivity contribution in [3.8, 4) is 11.5 Å². The van der Waals surface area contributed by atoms with Gasteiger partial charge in [0.05, 0.1) is 7.38 Å². The highest BCUT2D eigenvalue weighted by molar-refractivity contribution is 7.10. The van der Waals surface area contributed by atoms with Gasteiger partial charge in [0.1, 0.15) is 29.3 Å². The van der Waals surface area contributed by atoms with E-state index in [0.29, 0.717) is 0 Å². The minimum absolute atomic E-state index is 0.0496. The van der Waals surface area contributed by atoms with E-state index in [0.717, 1.165) is 37.4 Å². The van der Waals surface area contributed by atoms with Crippen LogP contribution in [-0.4, -0.2) is 38.9 Å². The molecule has 2 aromatic carbocycles. The average molecular weight is 505 g/mol. The molecule has 0 amide bonds. The zero-order valence-electron chi connectivity index (χ0n) is 21.1. The van der Waals surface area contributed by atoms with E-state index in [4.69, 9.17) is 24.5 Å². The lowest BCUT2D eigenvalue weighted by molar-refractivity contribution is 0.0203. The van der Waals surface area contributed by atoms with Crippen molar-refractivity contribution in [2.75, 3.05) is 13.7 Å². The lowest BCUT2D eigenvalue weighted by atomic mass is 9.86. The van der Waals surface area contributed by atoms with Crippen molar-refractivity contribution in [1.29, 1.82) is 1.28 Å². The van der Waals surface area contributed by atoms with Gasteiger partial charge in [-0.15, -0.1) is 0 Å². The third kappa shape index (κ3) is 5.50. The van der Waals surface area contributed by atoms with Crippen LogP contribution in [0.1, 0.15) is 43.7 Å². The fourth-order valence-corrected chi connectivity index (χ4v) is 5.87. The fourth-order valence-electron chi connectivity index (χ4n) is 5.20. The Bertz CT molecular complexity index is 987.